The van der Waals surface area contributed by atoms with Gasteiger partial charge in [0.15, 0.2) is 5.11 Å². The predicted octanol–water partition coefficient (Wildman–Crippen LogP) is 3.06. The van der Waals surface area contributed by atoms with Crippen molar-refractivity contribution in [2.45, 2.75) is 52.9 Å². The van der Waals surface area contributed by atoms with Crippen LogP contribution in [0.5, 0.6) is 0 Å². The molecular weight excluding hydrogens is 230 g/mol. The lowest BCUT2D eigenvalue weighted by Crippen LogP contribution is -2.35. The van der Waals surface area contributed by atoms with Gasteiger partial charge < -0.3 is 5.32 Å². The average molecular weight is 255 g/mol. The molecular formula is C13H25N3S. The van der Waals surface area contributed by atoms with Crippen LogP contribution in [0.2, 0.25) is 0 Å². The molecule has 4 heteroatoms. The molecule has 1 saturated carbocycles. The third-order valence-electron chi connectivity index (χ3n) is 3.39. The van der Waals surface area contributed by atoms with Crippen LogP contribution in [0.3, 0.4) is 0 Å². The highest BCUT2D eigenvalue weighted by atomic mass is 32.1. The Morgan fingerprint density at radius 1 is 1.35 bits per heavy atom. The van der Waals surface area contributed by atoms with E-state index in [0.717, 1.165) is 13.0 Å². The van der Waals surface area contributed by atoms with E-state index >= 15 is 0 Å². The number of hydrogen-bond acceptors (Lipinski definition) is 2. The third kappa shape index (κ3) is 5.02. The molecule has 2 atom stereocenters. The van der Waals surface area contributed by atoms with Gasteiger partial charge in [-0.3, -0.25) is 5.43 Å². The van der Waals surface area contributed by atoms with Gasteiger partial charge >= 0.3 is 0 Å². The number of unbranched alkanes of at least 4 members (excludes halogenated alkanes) is 1. The highest BCUT2D eigenvalue weighted by Gasteiger charge is 2.22. The minimum absolute atomic E-state index is 0.588. The quantitative estimate of drug-likeness (QED) is 0.460. The third-order valence-corrected chi connectivity index (χ3v) is 3.62. The molecule has 0 aliphatic heterocycles. The number of nitrogens with zero attached hydrogens (tertiary/aromatic N) is 1. The SMILES string of the molecule is CCCCNC(=S)NN=C1[C@@H](C)CCC[C@@H]1C. The van der Waals surface area contributed by atoms with Crippen LogP contribution in [0.15, 0.2) is 5.10 Å². The molecule has 0 saturated heterocycles. The molecule has 98 valence electrons. The summed E-state index contributed by atoms with van der Waals surface area (Å²) in [5.74, 6) is 1.18. The lowest BCUT2D eigenvalue weighted by atomic mass is 9.81. The van der Waals surface area contributed by atoms with E-state index in [9.17, 15) is 0 Å². The maximum Gasteiger partial charge on any atom is 0.186 e. The Hall–Kier alpha value is -0.640. The van der Waals surface area contributed by atoms with Crippen LogP contribution >= 0.6 is 12.2 Å². The summed E-state index contributed by atoms with van der Waals surface area (Å²) in [6.45, 7) is 7.61. The van der Waals surface area contributed by atoms with E-state index in [4.69, 9.17) is 12.2 Å². The zero-order valence-corrected chi connectivity index (χ0v) is 12.1. The average Bonchev–Trinajstić information content (AvgIpc) is 2.29. The minimum Gasteiger partial charge on any atom is -0.361 e. The summed E-state index contributed by atoms with van der Waals surface area (Å²) in [7, 11) is 0. The molecule has 0 aromatic heterocycles. The first kappa shape index (κ1) is 14.4. The Morgan fingerprint density at radius 3 is 2.59 bits per heavy atom. The van der Waals surface area contributed by atoms with Crippen molar-refractivity contribution in [1.82, 2.24) is 10.7 Å². The first-order valence-electron chi connectivity index (χ1n) is 6.76. The van der Waals surface area contributed by atoms with E-state index in [2.05, 4.69) is 36.6 Å². The van der Waals surface area contributed by atoms with Crippen molar-refractivity contribution in [3.63, 3.8) is 0 Å². The maximum atomic E-state index is 5.18. The number of rotatable bonds is 4. The first-order chi connectivity index (χ1) is 8.15. The van der Waals surface area contributed by atoms with Crippen LogP contribution < -0.4 is 10.7 Å². The molecule has 0 aromatic rings. The second-order valence-electron chi connectivity index (χ2n) is 4.99. The molecule has 0 radical (unpaired) electrons. The lowest BCUT2D eigenvalue weighted by Gasteiger charge is -2.26. The molecule has 17 heavy (non-hydrogen) atoms. The van der Waals surface area contributed by atoms with E-state index in [-0.39, 0.29) is 0 Å². The fraction of sp³-hybridized carbons (Fsp3) is 0.846. The van der Waals surface area contributed by atoms with Gasteiger partial charge in [0.25, 0.3) is 0 Å². The molecule has 0 spiro atoms. The summed E-state index contributed by atoms with van der Waals surface area (Å²) in [6.07, 6.45) is 6.14. The van der Waals surface area contributed by atoms with Gasteiger partial charge in [0.2, 0.25) is 0 Å². The van der Waals surface area contributed by atoms with Crippen LogP contribution in [0.1, 0.15) is 52.9 Å². The van der Waals surface area contributed by atoms with Crippen LogP contribution in [0.4, 0.5) is 0 Å². The van der Waals surface area contributed by atoms with E-state index in [1.54, 1.807) is 0 Å². The fourth-order valence-electron chi connectivity index (χ4n) is 2.27. The number of thiocarbonyl (C=S) groups is 1. The summed E-state index contributed by atoms with van der Waals surface area (Å²) in [4.78, 5) is 0. The molecule has 0 amide bonds. The van der Waals surface area contributed by atoms with Crippen molar-refractivity contribution in [1.29, 1.82) is 0 Å². The fourth-order valence-corrected chi connectivity index (χ4v) is 2.41. The van der Waals surface area contributed by atoms with Crippen molar-refractivity contribution in [2.24, 2.45) is 16.9 Å². The van der Waals surface area contributed by atoms with Gasteiger partial charge in [-0.1, -0.05) is 33.6 Å². The zero-order valence-electron chi connectivity index (χ0n) is 11.3. The largest absolute Gasteiger partial charge is 0.361 e. The molecule has 1 fully saturated rings. The Bertz CT molecular complexity index is 264. The van der Waals surface area contributed by atoms with E-state index in [1.165, 1.54) is 31.4 Å². The van der Waals surface area contributed by atoms with Crippen molar-refractivity contribution in [3.05, 3.63) is 0 Å². The van der Waals surface area contributed by atoms with Crippen LogP contribution in [0.25, 0.3) is 0 Å². The van der Waals surface area contributed by atoms with Crippen LogP contribution in [0, 0.1) is 11.8 Å². The molecule has 3 nitrogen and oxygen atoms in total. The predicted molar refractivity (Wildman–Crippen MR) is 78.3 cm³/mol. The molecule has 0 unspecified atom stereocenters. The topological polar surface area (TPSA) is 36.4 Å². The summed E-state index contributed by atoms with van der Waals surface area (Å²) >= 11 is 5.18. The molecule has 2 N–H and O–H groups in total. The Kier molecular flexibility index (Phi) is 6.48. The number of hydrazone groups is 1. The van der Waals surface area contributed by atoms with E-state index < -0.39 is 0 Å². The normalized spacial score (nSPS) is 24.3. The summed E-state index contributed by atoms with van der Waals surface area (Å²) in [5, 5.41) is 8.30. The standard InChI is InChI=1S/C13H25N3S/c1-4-5-9-14-13(17)16-15-12-10(2)7-6-8-11(12)3/h10-11H,4-9H2,1-3H3,(H2,14,16,17)/t10-,11-/m0/s1. The van der Waals surface area contributed by atoms with Crippen LogP contribution in [-0.2, 0) is 0 Å². The van der Waals surface area contributed by atoms with Gasteiger partial charge in [0.1, 0.15) is 0 Å². The van der Waals surface area contributed by atoms with Crippen molar-refractivity contribution in [3.8, 4) is 0 Å². The van der Waals surface area contributed by atoms with Gasteiger partial charge in [-0.2, -0.15) is 5.10 Å². The number of nitrogens with one attached hydrogen (secondary N) is 2. The summed E-state index contributed by atoms with van der Waals surface area (Å²) in [5.41, 5.74) is 4.25. The molecule has 0 aromatic carbocycles. The Morgan fingerprint density at radius 2 is 2.00 bits per heavy atom. The van der Waals surface area contributed by atoms with Gasteiger partial charge in [0, 0.05) is 12.3 Å². The maximum absolute atomic E-state index is 5.18. The van der Waals surface area contributed by atoms with Gasteiger partial charge in [-0.15, -0.1) is 0 Å². The smallest absolute Gasteiger partial charge is 0.186 e. The van der Waals surface area contributed by atoms with E-state index in [1.807, 2.05) is 0 Å². The van der Waals surface area contributed by atoms with Gasteiger partial charge in [-0.25, -0.2) is 0 Å². The molecule has 1 rings (SSSR count). The zero-order chi connectivity index (χ0) is 12.7. The molecule has 1 aliphatic rings. The lowest BCUT2D eigenvalue weighted by molar-refractivity contribution is 0.484. The minimum atomic E-state index is 0.588. The van der Waals surface area contributed by atoms with Gasteiger partial charge in [-0.05, 0) is 43.3 Å². The monoisotopic (exact) mass is 255 g/mol. The van der Waals surface area contributed by atoms with E-state index in [0.29, 0.717) is 16.9 Å². The second-order valence-corrected chi connectivity index (χ2v) is 5.40. The molecule has 1 aliphatic carbocycles. The van der Waals surface area contributed by atoms with Crippen molar-refractivity contribution < 1.29 is 0 Å². The first-order valence-corrected chi connectivity index (χ1v) is 7.17. The molecule has 0 bridgehead atoms. The van der Waals surface area contributed by atoms with Gasteiger partial charge in [0.05, 0.1) is 0 Å². The highest BCUT2D eigenvalue weighted by Crippen LogP contribution is 2.25. The number of hydrogen-bond donors (Lipinski definition) is 2. The Balaban J connectivity index is 2.37. The van der Waals surface area contributed by atoms with Crippen molar-refractivity contribution >= 4 is 23.0 Å². The summed E-state index contributed by atoms with van der Waals surface area (Å²) in [6, 6.07) is 0. The second kappa shape index (κ2) is 7.64. The molecule has 0 heterocycles. The highest BCUT2D eigenvalue weighted by molar-refractivity contribution is 7.80. The summed E-state index contributed by atoms with van der Waals surface area (Å²) < 4.78 is 0. The Labute approximate surface area is 110 Å². The van der Waals surface area contributed by atoms with Crippen LogP contribution in [-0.4, -0.2) is 17.4 Å². The van der Waals surface area contributed by atoms with Crippen molar-refractivity contribution in [2.75, 3.05) is 6.54 Å².